The van der Waals surface area contributed by atoms with Gasteiger partial charge < -0.3 is 26.6 Å². The monoisotopic (exact) mass is 295 g/mol. The third-order valence-corrected chi connectivity index (χ3v) is 2.85. The zero-order valence-corrected chi connectivity index (χ0v) is 11.6. The number of amides is 3. The maximum atomic E-state index is 11.7. The van der Waals surface area contributed by atoms with Gasteiger partial charge in [0.2, 0.25) is 5.91 Å². The Balaban J connectivity index is 2.68. The van der Waals surface area contributed by atoms with Gasteiger partial charge >= 0.3 is 12.0 Å². The number of aromatic carboxylic acids is 1. The SMILES string of the molecule is CC(C)(CNC(=O)Nc1ccc(C(=O)O)cc1O)C(N)=O. The lowest BCUT2D eigenvalue weighted by molar-refractivity contribution is -0.125. The van der Waals surface area contributed by atoms with Gasteiger partial charge in [0.05, 0.1) is 16.7 Å². The van der Waals surface area contributed by atoms with Gasteiger partial charge in [-0.05, 0) is 32.0 Å². The first-order valence-corrected chi connectivity index (χ1v) is 6.04. The first-order chi connectivity index (χ1) is 9.63. The highest BCUT2D eigenvalue weighted by Gasteiger charge is 2.25. The fourth-order valence-corrected chi connectivity index (χ4v) is 1.33. The van der Waals surface area contributed by atoms with Gasteiger partial charge in [-0.25, -0.2) is 9.59 Å². The molecule has 3 amide bonds. The number of urea groups is 1. The minimum Gasteiger partial charge on any atom is -0.506 e. The van der Waals surface area contributed by atoms with Gasteiger partial charge in [-0.3, -0.25) is 4.79 Å². The Morgan fingerprint density at radius 1 is 1.29 bits per heavy atom. The van der Waals surface area contributed by atoms with E-state index in [1.165, 1.54) is 12.1 Å². The average Bonchev–Trinajstić information content (AvgIpc) is 2.38. The Morgan fingerprint density at radius 3 is 2.38 bits per heavy atom. The first kappa shape index (κ1) is 16.3. The van der Waals surface area contributed by atoms with Crippen molar-refractivity contribution in [2.24, 2.45) is 11.1 Å². The number of nitrogens with one attached hydrogen (secondary N) is 2. The Morgan fingerprint density at radius 2 is 1.90 bits per heavy atom. The molecule has 0 aliphatic carbocycles. The van der Waals surface area contributed by atoms with E-state index in [9.17, 15) is 19.5 Å². The summed E-state index contributed by atoms with van der Waals surface area (Å²) in [5, 5.41) is 23.2. The number of anilines is 1. The molecule has 0 saturated heterocycles. The largest absolute Gasteiger partial charge is 0.506 e. The minimum absolute atomic E-state index is 0.0160. The Kier molecular flexibility index (Phi) is 4.75. The number of rotatable bonds is 5. The smallest absolute Gasteiger partial charge is 0.335 e. The molecule has 6 N–H and O–H groups in total. The van der Waals surface area contributed by atoms with Gasteiger partial charge in [0.1, 0.15) is 5.75 Å². The van der Waals surface area contributed by atoms with Crippen LogP contribution in [0.3, 0.4) is 0 Å². The van der Waals surface area contributed by atoms with Crippen LogP contribution in [0.1, 0.15) is 24.2 Å². The molecule has 0 unspecified atom stereocenters. The van der Waals surface area contributed by atoms with Crippen LogP contribution in [0.25, 0.3) is 0 Å². The summed E-state index contributed by atoms with van der Waals surface area (Å²) in [4.78, 5) is 33.5. The van der Waals surface area contributed by atoms with Crippen molar-refractivity contribution in [2.45, 2.75) is 13.8 Å². The van der Waals surface area contributed by atoms with Crippen LogP contribution in [0.4, 0.5) is 10.5 Å². The minimum atomic E-state index is -1.19. The third kappa shape index (κ3) is 4.37. The van der Waals surface area contributed by atoms with Crippen molar-refractivity contribution >= 4 is 23.6 Å². The molecule has 0 aromatic heterocycles. The quantitative estimate of drug-likeness (QED) is 0.509. The van der Waals surface area contributed by atoms with Crippen LogP contribution in [0.15, 0.2) is 18.2 Å². The van der Waals surface area contributed by atoms with Crippen LogP contribution in [0.5, 0.6) is 5.75 Å². The zero-order chi connectivity index (χ0) is 16.2. The number of hydrogen-bond acceptors (Lipinski definition) is 4. The maximum Gasteiger partial charge on any atom is 0.335 e. The van der Waals surface area contributed by atoms with Gasteiger partial charge in [0.25, 0.3) is 0 Å². The second-order valence-corrected chi connectivity index (χ2v) is 5.09. The third-order valence-electron chi connectivity index (χ3n) is 2.85. The summed E-state index contributed by atoms with van der Waals surface area (Å²) in [6.45, 7) is 3.17. The number of carbonyl (C=O) groups is 3. The number of carbonyl (C=O) groups excluding carboxylic acids is 2. The number of phenolic OH excluding ortho intramolecular Hbond substituents is 1. The lowest BCUT2D eigenvalue weighted by Gasteiger charge is -2.20. The van der Waals surface area contributed by atoms with Gasteiger partial charge in [-0.2, -0.15) is 0 Å². The van der Waals surface area contributed by atoms with E-state index in [-0.39, 0.29) is 23.5 Å². The van der Waals surface area contributed by atoms with Crippen molar-refractivity contribution in [1.82, 2.24) is 5.32 Å². The van der Waals surface area contributed by atoms with Crippen molar-refractivity contribution in [3.8, 4) is 5.75 Å². The van der Waals surface area contributed by atoms with E-state index in [2.05, 4.69) is 10.6 Å². The van der Waals surface area contributed by atoms with Crippen LogP contribution in [0, 0.1) is 5.41 Å². The molecular weight excluding hydrogens is 278 g/mol. The van der Waals surface area contributed by atoms with Crippen LogP contribution >= 0.6 is 0 Å². The number of carboxylic acids is 1. The van der Waals surface area contributed by atoms with Crippen LogP contribution in [0.2, 0.25) is 0 Å². The summed E-state index contributed by atoms with van der Waals surface area (Å²) in [6.07, 6.45) is 0. The molecular formula is C13H17N3O5. The van der Waals surface area contributed by atoms with E-state index in [0.717, 1.165) is 6.07 Å². The summed E-state index contributed by atoms with van der Waals surface area (Å²) in [5.74, 6) is -2.12. The molecule has 0 aliphatic rings. The number of hydrogen-bond donors (Lipinski definition) is 5. The predicted molar refractivity (Wildman–Crippen MR) is 75.1 cm³/mol. The van der Waals surface area contributed by atoms with Crippen molar-refractivity contribution < 1.29 is 24.6 Å². The molecule has 0 heterocycles. The van der Waals surface area contributed by atoms with Gasteiger partial charge in [-0.1, -0.05) is 0 Å². The molecule has 0 atom stereocenters. The Hall–Kier alpha value is -2.77. The fraction of sp³-hybridized carbons (Fsp3) is 0.308. The number of carboxylic acid groups (broad SMARTS) is 1. The summed E-state index contributed by atoms with van der Waals surface area (Å²) in [7, 11) is 0. The number of aromatic hydroxyl groups is 1. The molecule has 0 fully saturated rings. The number of nitrogens with two attached hydrogens (primary N) is 1. The molecule has 0 spiro atoms. The van der Waals surface area contributed by atoms with Crippen molar-refractivity contribution in [2.75, 3.05) is 11.9 Å². The van der Waals surface area contributed by atoms with E-state index in [4.69, 9.17) is 10.8 Å². The van der Waals surface area contributed by atoms with Gasteiger partial charge in [-0.15, -0.1) is 0 Å². The number of primary amides is 1. The van der Waals surface area contributed by atoms with E-state index >= 15 is 0 Å². The highest BCUT2D eigenvalue weighted by Crippen LogP contribution is 2.24. The van der Waals surface area contributed by atoms with Crippen molar-refractivity contribution in [1.29, 1.82) is 0 Å². The highest BCUT2D eigenvalue weighted by molar-refractivity contribution is 5.94. The van der Waals surface area contributed by atoms with Crippen LogP contribution < -0.4 is 16.4 Å². The summed E-state index contributed by atoms with van der Waals surface area (Å²) in [6, 6.07) is 2.87. The lowest BCUT2D eigenvalue weighted by atomic mass is 9.93. The molecule has 8 heteroatoms. The molecule has 0 radical (unpaired) electrons. The van der Waals surface area contributed by atoms with E-state index in [1.54, 1.807) is 13.8 Å². The number of phenols is 1. The topological polar surface area (TPSA) is 142 Å². The Labute approximate surface area is 120 Å². The highest BCUT2D eigenvalue weighted by atomic mass is 16.4. The normalized spacial score (nSPS) is 10.8. The molecule has 1 aromatic carbocycles. The van der Waals surface area contributed by atoms with E-state index in [1.807, 2.05) is 0 Å². The summed E-state index contributed by atoms with van der Waals surface area (Å²) < 4.78 is 0. The standard InChI is InChI=1S/C13H17N3O5/c1-13(2,11(14)20)6-15-12(21)16-8-4-3-7(10(18)19)5-9(8)17/h3-5,17H,6H2,1-2H3,(H2,14,20)(H,18,19)(H2,15,16,21). The predicted octanol–water partition coefficient (Wildman–Crippen LogP) is 0.723. The van der Waals surface area contributed by atoms with Crippen LogP contribution in [-0.4, -0.2) is 34.7 Å². The zero-order valence-electron chi connectivity index (χ0n) is 11.6. The van der Waals surface area contributed by atoms with Crippen LogP contribution in [-0.2, 0) is 4.79 Å². The van der Waals surface area contributed by atoms with Gasteiger partial charge in [0, 0.05) is 6.54 Å². The molecule has 1 rings (SSSR count). The van der Waals surface area contributed by atoms with E-state index < -0.39 is 23.3 Å². The van der Waals surface area contributed by atoms with Crippen molar-refractivity contribution in [3.05, 3.63) is 23.8 Å². The number of benzene rings is 1. The molecule has 8 nitrogen and oxygen atoms in total. The second kappa shape index (κ2) is 6.12. The summed E-state index contributed by atoms with van der Waals surface area (Å²) >= 11 is 0. The molecule has 21 heavy (non-hydrogen) atoms. The van der Waals surface area contributed by atoms with Crippen molar-refractivity contribution in [3.63, 3.8) is 0 Å². The molecule has 114 valence electrons. The maximum absolute atomic E-state index is 11.7. The second-order valence-electron chi connectivity index (χ2n) is 5.09. The molecule has 0 saturated carbocycles. The fourth-order valence-electron chi connectivity index (χ4n) is 1.33. The molecule has 0 aliphatic heterocycles. The first-order valence-electron chi connectivity index (χ1n) is 6.04. The average molecular weight is 295 g/mol. The Bertz CT molecular complexity index is 583. The molecule has 0 bridgehead atoms. The lowest BCUT2D eigenvalue weighted by Crippen LogP contribution is -2.43. The van der Waals surface area contributed by atoms with E-state index in [0.29, 0.717) is 0 Å². The van der Waals surface area contributed by atoms with Gasteiger partial charge in [0.15, 0.2) is 0 Å². The molecule has 1 aromatic rings. The summed E-state index contributed by atoms with van der Waals surface area (Å²) in [5.41, 5.74) is 4.21.